The van der Waals surface area contributed by atoms with Crippen LogP contribution in [0.25, 0.3) is 0 Å². The zero-order valence-corrected chi connectivity index (χ0v) is 12.7. The molecular weight excluding hydrogens is 248 g/mol. The van der Waals surface area contributed by atoms with E-state index in [1.54, 1.807) is 0 Å². The van der Waals surface area contributed by atoms with Crippen LogP contribution in [0.1, 0.15) is 56.3 Å². The third-order valence-corrected chi connectivity index (χ3v) is 4.12. The van der Waals surface area contributed by atoms with Gasteiger partial charge in [-0.1, -0.05) is 19.8 Å². The number of nitrogens with zero attached hydrogens (tertiary/aromatic N) is 1. The van der Waals surface area contributed by atoms with Gasteiger partial charge in [0.1, 0.15) is 0 Å². The summed E-state index contributed by atoms with van der Waals surface area (Å²) < 4.78 is 0. The van der Waals surface area contributed by atoms with Crippen molar-refractivity contribution in [1.82, 2.24) is 4.90 Å². The fraction of sp³-hybridized carbons (Fsp3) is 0.588. The van der Waals surface area contributed by atoms with E-state index in [9.17, 15) is 4.79 Å². The van der Waals surface area contributed by atoms with Gasteiger partial charge in [0.15, 0.2) is 0 Å². The van der Waals surface area contributed by atoms with Gasteiger partial charge in [-0.2, -0.15) is 0 Å². The van der Waals surface area contributed by atoms with Crippen LogP contribution in [0.3, 0.4) is 0 Å². The second-order valence-electron chi connectivity index (χ2n) is 5.52. The largest absolute Gasteiger partial charge is 0.385 e. The van der Waals surface area contributed by atoms with Crippen molar-refractivity contribution >= 4 is 11.6 Å². The Morgan fingerprint density at radius 3 is 2.60 bits per heavy atom. The van der Waals surface area contributed by atoms with E-state index in [0.717, 1.165) is 43.6 Å². The van der Waals surface area contributed by atoms with Crippen molar-refractivity contribution in [2.75, 3.05) is 18.4 Å². The molecule has 0 spiro atoms. The van der Waals surface area contributed by atoms with Gasteiger partial charge in [-0.15, -0.1) is 0 Å². The van der Waals surface area contributed by atoms with Crippen molar-refractivity contribution < 1.29 is 4.79 Å². The average molecular weight is 274 g/mol. The molecule has 1 aromatic rings. The Bertz CT molecular complexity index is 427. The van der Waals surface area contributed by atoms with E-state index in [1.165, 1.54) is 12.8 Å². The van der Waals surface area contributed by atoms with Crippen LogP contribution in [0, 0.1) is 0 Å². The predicted octanol–water partition coefficient (Wildman–Crippen LogP) is 3.91. The van der Waals surface area contributed by atoms with Gasteiger partial charge < -0.3 is 10.2 Å². The Labute approximate surface area is 122 Å². The fourth-order valence-corrected chi connectivity index (χ4v) is 2.97. The third-order valence-electron chi connectivity index (χ3n) is 4.12. The summed E-state index contributed by atoms with van der Waals surface area (Å²) in [5.74, 6) is 0.196. The Hall–Kier alpha value is -1.51. The first-order valence-corrected chi connectivity index (χ1v) is 7.91. The summed E-state index contributed by atoms with van der Waals surface area (Å²) in [5.41, 5.74) is 1.89. The molecule has 1 aromatic carbocycles. The van der Waals surface area contributed by atoms with Gasteiger partial charge in [-0.3, -0.25) is 4.79 Å². The number of rotatable bonds is 4. The van der Waals surface area contributed by atoms with E-state index in [1.807, 2.05) is 24.3 Å². The maximum absolute atomic E-state index is 12.7. The molecule has 2 rings (SSSR count). The van der Waals surface area contributed by atoms with Crippen LogP contribution in [0.5, 0.6) is 0 Å². The molecule has 20 heavy (non-hydrogen) atoms. The van der Waals surface area contributed by atoms with E-state index in [2.05, 4.69) is 24.1 Å². The Morgan fingerprint density at radius 2 is 1.95 bits per heavy atom. The van der Waals surface area contributed by atoms with Crippen molar-refractivity contribution in [1.29, 1.82) is 0 Å². The Kier molecular flexibility index (Phi) is 5.45. The second kappa shape index (κ2) is 7.32. The van der Waals surface area contributed by atoms with Crippen LogP contribution in [0.15, 0.2) is 24.3 Å². The Balaban J connectivity index is 2.11. The molecule has 0 aromatic heterocycles. The highest BCUT2D eigenvalue weighted by Gasteiger charge is 2.24. The van der Waals surface area contributed by atoms with E-state index in [4.69, 9.17) is 0 Å². The maximum Gasteiger partial charge on any atom is 0.254 e. The summed E-state index contributed by atoms with van der Waals surface area (Å²) in [5, 5.41) is 3.26. The molecule has 1 aliphatic heterocycles. The molecule has 1 heterocycles. The molecule has 3 heteroatoms. The lowest BCUT2D eigenvalue weighted by molar-refractivity contribution is 0.0678. The summed E-state index contributed by atoms with van der Waals surface area (Å²) >= 11 is 0. The number of hydrogen-bond donors (Lipinski definition) is 1. The molecule has 3 nitrogen and oxygen atoms in total. The number of benzene rings is 1. The number of anilines is 1. The fourth-order valence-electron chi connectivity index (χ4n) is 2.97. The summed E-state index contributed by atoms with van der Waals surface area (Å²) in [6.45, 7) is 6.07. The van der Waals surface area contributed by atoms with Crippen LogP contribution >= 0.6 is 0 Å². The normalized spacial score (nSPS) is 19.5. The van der Waals surface area contributed by atoms with Crippen LogP contribution in [-0.2, 0) is 0 Å². The minimum absolute atomic E-state index is 0.196. The lowest BCUT2D eigenvalue weighted by Gasteiger charge is -2.29. The van der Waals surface area contributed by atoms with Gasteiger partial charge in [0.2, 0.25) is 0 Å². The second-order valence-corrected chi connectivity index (χ2v) is 5.52. The highest BCUT2D eigenvalue weighted by Crippen LogP contribution is 2.22. The molecule has 110 valence electrons. The van der Waals surface area contributed by atoms with Crippen LogP contribution in [0.2, 0.25) is 0 Å². The summed E-state index contributed by atoms with van der Waals surface area (Å²) in [7, 11) is 0. The van der Waals surface area contributed by atoms with Crippen molar-refractivity contribution in [3.05, 3.63) is 29.8 Å². The van der Waals surface area contributed by atoms with Gasteiger partial charge in [0.25, 0.3) is 5.91 Å². The SMILES string of the molecule is CCNc1ccc(C(=O)N2CCCCCC2CC)cc1. The van der Waals surface area contributed by atoms with E-state index in [-0.39, 0.29) is 5.91 Å². The molecule has 1 aliphatic rings. The van der Waals surface area contributed by atoms with E-state index in [0.29, 0.717) is 6.04 Å². The summed E-state index contributed by atoms with van der Waals surface area (Å²) in [4.78, 5) is 14.8. The molecule has 1 N–H and O–H groups in total. The molecule has 1 unspecified atom stereocenters. The number of hydrogen-bond acceptors (Lipinski definition) is 2. The quantitative estimate of drug-likeness (QED) is 0.902. The van der Waals surface area contributed by atoms with Crippen LogP contribution < -0.4 is 5.32 Å². The van der Waals surface area contributed by atoms with Gasteiger partial charge in [0.05, 0.1) is 0 Å². The molecular formula is C17H26N2O. The van der Waals surface area contributed by atoms with Gasteiger partial charge in [0, 0.05) is 30.4 Å². The van der Waals surface area contributed by atoms with Crippen LogP contribution in [0.4, 0.5) is 5.69 Å². The standard InChI is InChI=1S/C17H26N2O/c1-3-16-8-6-5-7-13-19(16)17(20)14-9-11-15(12-10-14)18-4-2/h9-12,16,18H,3-8,13H2,1-2H3. The number of carbonyl (C=O) groups is 1. The topological polar surface area (TPSA) is 32.3 Å². The average Bonchev–Trinajstić information content (AvgIpc) is 2.72. The summed E-state index contributed by atoms with van der Waals surface area (Å²) in [6, 6.07) is 8.29. The maximum atomic E-state index is 12.7. The number of nitrogens with one attached hydrogen (secondary N) is 1. The van der Waals surface area contributed by atoms with Crippen molar-refractivity contribution in [3.8, 4) is 0 Å². The first kappa shape index (κ1) is 14.9. The molecule has 1 atom stereocenters. The first-order valence-electron chi connectivity index (χ1n) is 7.91. The number of amides is 1. The number of likely N-dealkylation sites (tertiary alicyclic amines) is 1. The Morgan fingerprint density at radius 1 is 1.20 bits per heavy atom. The highest BCUT2D eigenvalue weighted by molar-refractivity contribution is 5.94. The molecule has 0 bridgehead atoms. The zero-order valence-electron chi connectivity index (χ0n) is 12.7. The molecule has 0 aliphatic carbocycles. The van der Waals surface area contributed by atoms with Gasteiger partial charge in [-0.25, -0.2) is 0 Å². The predicted molar refractivity (Wildman–Crippen MR) is 84.2 cm³/mol. The first-order chi connectivity index (χ1) is 9.76. The molecule has 0 saturated carbocycles. The lowest BCUT2D eigenvalue weighted by atomic mass is 10.1. The number of carbonyl (C=O) groups excluding carboxylic acids is 1. The van der Waals surface area contributed by atoms with E-state index >= 15 is 0 Å². The van der Waals surface area contributed by atoms with Crippen molar-refractivity contribution in [2.24, 2.45) is 0 Å². The minimum Gasteiger partial charge on any atom is -0.385 e. The van der Waals surface area contributed by atoms with Gasteiger partial charge >= 0.3 is 0 Å². The van der Waals surface area contributed by atoms with E-state index < -0.39 is 0 Å². The third kappa shape index (κ3) is 3.53. The zero-order chi connectivity index (χ0) is 14.4. The van der Waals surface area contributed by atoms with Crippen LogP contribution in [-0.4, -0.2) is 29.9 Å². The molecule has 0 radical (unpaired) electrons. The monoisotopic (exact) mass is 274 g/mol. The molecule has 1 amide bonds. The highest BCUT2D eigenvalue weighted by atomic mass is 16.2. The molecule has 1 fully saturated rings. The smallest absolute Gasteiger partial charge is 0.254 e. The summed E-state index contributed by atoms with van der Waals surface area (Å²) in [6.07, 6.45) is 5.85. The van der Waals surface area contributed by atoms with Crippen molar-refractivity contribution in [2.45, 2.75) is 52.0 Å². The van der Waals surface area contributed by atoms with Crippen molar-refractivity contribution in [3.63, 3.8) is 0 Å². The van der Waals surface area contributed by atoms with Gasteiger partial charge in [-0.05, 0) is 50.5 Å². The molecule has 1 saturated heterocycles. The lowest BCUT2D eigenvalue weighted by Crippen LogP contribution is -2.39. The minimum atomic E-state index is 0.196.